The number of likely N-dealkylation sites (tertiary alicyclic amines) is 1. The summed E-state index contributed by atoms with van der Waals surface area (Å²) in [6.07, 6.45) is 9.41. The van der Waals surface area contributed by atoms with Crippen molar-refractivity contribution in [2.45, 2.75) is 69.9 Å². The van der Waals surface area contributed by atoms with Crippen LogP contribution in [-0.2, 0) is 23.2 Å². The van der Waals surface area contributed by atoms with E-state index in [0.717, 1.165) is 91.9 Å². The summed E-state index contributed by atoms with van der Waals surface area (Å²) in [4.78, 5) is 60.1. The average molecular weight is 779 g/mol. The average Bonchev–Trinajstić information content (AvgIpc) is 3.72. The van der Waals surface area contributed by atoms with Crippen molar-refractivity contribution in [1.29, 1.82) is 0 Å². The standard InChI is InChI=1S/C43H50N6O8/c1-46(22-34-36(55-3)17-26(18-37(34)56-4)33-23-47(2)40(52)32-21-44-14-12-29(32)33)15-5-6-16-48-24-43(25-48)13-11-28(20-43)57-27-7-8-30-31(19-27)42(54)49(41(30)53)35-9-10-38(50)45-39(35)51/h7-8,12,14,17-19,21,23,28,35,42,54H,5-6,9-11,13,15-16,20,22,24-25H2,1-4H3,(H,45,50,51). The molecule has 2 aromatic heterocycles. The van der Waals surface area contributed by atoms with Gasteiger partial charge in [0, 0.05) is 68.4 Å². The van der Waals surface area contributed by atoms with Gasteiger partial charge in [0.1, 0.15) is 23.3 Å². The SMILES string of the molecule is COc1cc(-c2cn(C)c(=O)c3cnccc23)cc(OC)c1CN(C)CCCCN1CC2(CCC(Oc3ccc4c(c3)C(O)N(C3CCC(=O)NC3=O)C4=O)C2)C1. The molecule has 8 rings (SSSR count). The molecule has 4 aliphatic rings. The molecule has 14 nitrogen and oxygen atoms in total. The minimum absolute atomic E-state index is 0.0559. The lowest BCUT2D eigenvalue weighted by molar-refractivity contribution is -0.139. The maximum absolute atomic E-state index is 13.1. The molecule has 5 heterocycles. The van der Waals surface area contributed by atoms with Gasteiger partial charge in [-0.05, 0) is 111 Å². The Kier molecular flexibility index (Phi) is 10.5. The summed E-state index contributed by atoms with van der Waals surface area (Å²) in [5, 5.41) is 14.7. The van der Waals surface area contributed by atoms with Crippen LogP contribution in [0.15, 0.2) is 59.8 Å². The summed E-state index contributed by atoms with van der Waals surface area (Å²) >= 11 is 0. The Hall–Kier alpha value is -5.31. The fraction of sp³-hybridized carbons (Fsp3) is 0.465. The second-order valence-electron chi connectivity index (χ2n) is 16.2. The van der Waals surface area contributed by atoms with Crippen LogP contribution in [0.4, 0.5) is 0 Å². The maximum atomic E-state index is 13.1. The van der Waals surface area contributed by atoms with Gasteiger partial charge in [0.15, 0.2) is 6.23 Å². The molecule has 57 heavy (non-hydrogen) atoms. The third-order valence-electron chi connectivity index (χ3n) is 12.2. The van der Waals surface area contributed by atoms with Gasteiger partial charge in [0.2, 0.25) is 11.8 Å². The fourth-order valence-corrected chi connectivity index (χ4v) is 9.38. The van der Waals surface area contributed by atoms with Gasteiger partial charge in [0.25, 0.3) is 11.5 Å². The van der Waals surface area contributed by atoms with Crippen LogP contribution in [-0.4, -0.2) is 107 Å². The second kappa shape index (κ2) is 15.6. The number of unbranched alkanes of at least 4 members (excludes halogenated alkanes) is 1. The van der Waals surface area contributed by atoms with E-state index in [4.69, 9.17) is 14.2 Å². The van der Waals surface area contributed by atoms with Gasteiger partial charge in [-0.2, -0.15) is 0 Å². The molecule has 1 aliphatic carbocycles. The first-order valence-corrected chi connectivity index (χ1v) is 19.7. The molecule has 3 atom stereocenters. The molecule has 2 saturated heterocycles. The number of methoxy groups -OCH3 is 2. The predicted molar refractivity (Wildman–Crippen MR) is 212 cm³/mol. The summed E-state index contributed by atoms with van der Waals surface area (Å²) < 4.78 is 19.8. The maximum Gasteiger partial charge on any atom is 0.259 e. The largest absolute Gasteiger partial charge is 0.496 e. The van der Waals surface area contributed by atoms with Crippen LogP contribution in [0.5, 0.6) is 17.2 Å². The van der Waals surface area contributed by atoms with Crippen molar-refractivity contribution < 1.29 is 33.7 Å². The lowest BCUT2D eigenvalue weighted by Crippen LogP contribution is -2.55. The van der Waals surface area contributed by atoms with E-state index < -0.39 is 24.1 Å². The number of nitrogens with zero attached hydrogens (tertiary/aromatic N) is 5. The van der Waals surface area contributed by atoms with Crippen LogP contribution in [0.25, 0.3) is 21.9 Å². The van der Waals surface area contributed by atoms with E-state index in [-0.39, 0.29) is 35.8 Å². The highest BCUT2D eigenvalue weighted by Gasteiger charge is 2.49. The van der Waals surface area contributed by atoms with Crippen LogP contribution in [0.1, 0.15) is 72.7 Å². The number of pyridine rings is 2. The molecule has 0 radical (unpaired) electrons. The highest BCUT2D eigenvalue weighted by Crippen LogP contribution is 2.47. The number of rotatable bonds is 13. The molecule has 3 amide bonds. The van der Waals surface area contributed by atoms with Crippen molar-refractivity contribution in [2.24, 2.45) is 12.5 Å². The summed E-state index contributed by atoms with van der Waals surface area (Å²) in [6, 6.07) is 10.2. The Morgan fingerprint density at radius 3 is 2.49 bits per heavy atom. The number of ether oxygens (including phenoxy) is 3. The summed E-state index contributed by atoms with van der Waals surface area (Å²) in [6.45, 7) is 4.75. The van der Waals surface area contributed by atoms with Crippen LogP contribution >= 0.6 is 0 Å². The van der Waals surface area contributed by atoms with Gasteiger partial charge in [-0.3, -0.25) is 34.4 Å². The Balaban J connectivity index is 0.805. The van der Waals surface area contributed by atoms with E-state index in [1.54, 1.807) is 56.4 Å². The molecular weight excluding hydrogens is 729 g/mol. The fourth-order valence-electron chi connectivity index (χ4n) is 9.38. The number of nitrogens with one attached hydrogen (secondary N) is 1. The number of aromatic nitrogens is 2. The number of fused-ring (bicyclic) bond motifs is 2. The monoisotopic (exact) mass is 778 g/mol. The molecule has 14 heteroatoms. The van der Waals surface area contributed by atoms with E-state index >= 15 is 0 Å². The van der Waals surface area contributed by atoms with Crippen LogP contribution in [0.2, 0.25) is 0 Å². The van der Waals surface area contributed by atoms with E-state index in [0.29, 0.717) is 28.8 Å². The molecule has 1 spiro atoms. The van der Waals surface area contributed by atoms with Crippen molar-refractivity contribution in [3.63, 3.8) is 0 Å². The third-order valence-corrected chi connectivity index (χ3v) is 12.2. The number of carbonyl (C=O) groups excluding carboxylic acids is 3. The normalized spacial score (nSPS) is 21.6. The lowest BCUT2D eigenvalue weighted by Gasteiger charge is -2.48. The molecule has 3 fully saturated rings. The molecule has 2 N–H and O–H groups in total. The number of aryl methyl sites for hydroxylation is 1. The number of aliphatic hydroxyl groups is 1. The van der Waals surface area contributed by atoms with Crippen LogP contribution in [0.3, 0.4) is 0 Å². The number of hydrogen-bond donors (Lipinski definition) is 2. The highest BCUT2D eigenvalue weighted by molar-refractivity contribution is 6.05. The van der Waals surface area contributed by atoms with E-state index in [2.05, 4.69) is 27.1 Å². The number of piperidine rings is 1. The van der Waals surface area contributed by atoms with Crippen molar-refractivity contribution >= 4 is 28.5 Å². The molecule has 4 aromatic rings. The smallest absolute Gasteiger partial charge is 0.259 e. The quantitative estimate of drug-likeness (QED) is 0.149. The third kappa shape index (κ3) is 7.37. The topological polar surface area (TPSA) is 156 Å². The van der Waals surface area contributed by atoms with Crippen LogP contribution in [0, 0.1) is 5.41 Å². The number of aliphatic hydroxyl groups excluding tert-OH is 1. The molecular formula is C43H50N6O8. The number of carbonyl (C=O) groups is 3. The van der Waals surface area contributed by atoms with E-state index in [9.17, 15) is 24.3 Å². The lowest BCUT2D eigenvalue weighted by atomic mass is 9.78. The molecule has 2 aromatic carbocycles. The zero-order valence-corrected chi connectivity index (χ0v) is 33.0. The zero-order chi connectivity index (χ0) is 40.0. The number of hydrogen-bond acceptors (Lipinski definition) is 11. The van der Waals surface area contributed by atoms with Crippen molar-refractivity contribution in [3.05, 3.63) is 82.0 Å². The van der Waals surface area contributed by atoms with Crippen molar-refractivity contribution in [2.75, 3.05) is 47.4 Å². The van der Waals surface area contributed by atoms with Gasteiger partial charge in [-0.15, -0.1) is 0 Å². The molecule has 300 valence electrons. The van der Waals surface area contributed by atoms with Crippen molar-refractivity contribution in [1.82, 2.24) is 29.6 Å². The molecule has 0 bridgehead atoms. The Morgan fingerprint density at radius 2 is 1.75 bits per heavy atom. The van der Waals surface area contributed by atoms with E-state index in [1.165, 1.54) is 4.90 Å². The molecule has 1 saturated carbocycles. The minimum atomic E-state index is -1.27. The number of imide groups is 1. The number of benzene rings is 2. The van der Waals surface area contributed by atoms with Crippen LogP contribution < -0.4 is 25.1 Å². The molecule has 3 aliphatic heterocycles. The molecule has 3 unspecified atom stereocenters. The zero-order valence-electron chi connectivity index (χ0n) is 33.0. The summed E-state index contributed by atoms with van der Waals surface area (Å²) in [5.74, 6) is 0.724. The first-order valence-electron chi connectivity index (χ1n) is 19.7. The van der Waals surface area contributed by atoms with Gasteiger partial charge in [-0.25, -0.2) is 0 Å². The van der Waals surface area contributed by atoms with Gasteiger partial charge >= 0.3 is 0 Å². The second-order valence-corrected chi connectivity index (χ2v) is 16.2. The predicted octanol–water partition coefficient (Wildman–Crippen LogP) is 4.02. The van der Waals surface area contributed by atoms with E-state index in [1.807, 2.05) is 24.4 Å². The van der Waals surface area contributed by atoms with Gasteiger partial charge in [0.05, 0.1) is 31.3 Å². The first-order chi connectivity index (χ1) is 27.5. The summed E-state index contributed by atoms with van der Waals surface area (Å²) in [7, 11) is 7.21. The Morgan fingerprint density at radius 1 is 0.982 bits per heavy atom. The van der Waals surface area contributed by atoms with Gasteiger partial charge < -0.3 is 33.7 Å². The van der Waals surface area contributed by atoms with Gasteiger partial charge in [-0.1, -0.05) is 0 Å². The summed E-state index contributed by atoms with van der Waals surface area (Å²) in [5.41, 5.74) is 3.72. The minimum Gasteiger partial charge on any atom is -0.496 e. The van der Waals surface area contributed by atoms with Crippen molar-refractivity contribution in [3.8, 4) is 28.4 Å². The number of amides is 3. The first kappa shape index (κ1) is 38.6. The Bertz CT molecular complexity index is 2260. The highest BCUT2D eigenvalue weighted by atomic mass is 16.5. The Labute approximate surface area is 331 Å².